The quantitative estimate of drug-likeness (QED) is 0.882. The fourth-order valence-electron chi connectivity index (χ4n) is 2.80. The van der Waals surface area contributed by atoms with Gasteiger partial charge in [-0.2, -0.15) is 0 Å². The van der Waals surface area contributed by atoms with Crippen molar-refractivity contribution in [3.05, 3.63) is 58.4 Å². The summed E-state index contributed by atoms with van der Waals surface area (Å²) in [6, 6.07) is 9.59. The summed E-state index contributed by atoms with van der Waals surface area (Å²) >= 11 is 6.09. The maximum atomic E-state index is 12.8. The van der Waals surface area contributed by atoms with Gasteiger partial charge in [0.2, 0.25) is 0 Å². The van der Waals surface area contributed by atoms with E-state index in [-0.39, 0.29) is 24.4 Å². The SMILES string of the molecule is Cc1[nH]ccc1C(=O)N1CCNCC1c1cccc(Cl)c1.Cl. The van der Waals surface area contributed by atoms with Gasteiger partial charge in [0.05, 0.1) is 11.6 Å². The van der Waals surface area contributed by atoms with Crippen molar-refractivity contribution in [3.63, 3.8) is 0 Å². The summed E-state index contributed by atoms with van der Waals surface area (Å²) in [7, 11) is 0. The molecule has 4 nitrogen and oxygen atoms in total. The van der Waals surface area contributed by atoms with Gasteiger partial charge in [-0.25, -0.2) is 0 Å². The highest BCUT2D eigenvalue weighted by molar-refractivity contribution is 6.30. The Kier molecular flexibility index (Phi) is 5.51. The zero-order chi connectivity index (χ0) is 14.8. The number of rotatable bonds is 2. The third-order valence-corrected chi connectivity index (χ3v) is 4.16. The van der Waals surface area contributed by atoms with Gasteiger partial charge >= 0.3 is 0 Å². The third-order valence-electron chi connectivity index (χ3n) is 3.92. The van der Waals surface area contributed by atoms with Gasteiger partial charge in [0.1, 0.15) is 0 Å². The van der Waals surface area contributed by atoms with Crippen molar-refractivity contribution in [2.24, 2.45) is 0 Å². The summed E-state index contributed by atoms with van der Waals surface area (Å²) < 4.78 is 0. The van der Waals surface area contributed by atoms with Crippen molar-refractivity contribution in [1.82, 2.24) is 15.2 Å². The molecule has 1 atom stereocenters. The number of aromatic amines is 1. The zero-order valence-corrected chi connectivity index (χ0v) is 13.9. The van der Waals surface area contributed by atoms with Gasteiger partial charge in [-0.3, -0.25) is 4.79 Å². The Morgan fingerprint density at radius 2 is 2.18 bits per heavy atom. The zero-order valence-electron chi connectivity index (χ0n) is 12.3. The van der Waals surface area contributed by atoms with Crippen LogP contribution in [-0.4, -0.2) is 35.4 Å². The van der Waals surface area contributed by atoms with E-state index in [4.69, 9.17) is 11.6 Å². The highest BCUT2D eigenvalue weighted by Gasteiger charge is 2.29. The number of carbonyl (C=O) groups excluding carboxylic acids is 1. The number of halogens is 2. The number of aryl methyl sites for hydroxylation is 1. The summed E-state index contributed by atoms with van der Waals surface area (Å²) in [6.07, 6.45) is 1.80. The molecule has 2 N–H and O–H groups in total. The number of nitrogens with zero attached hydrogens (tertiary/aromatic N) is 1. The third kappa shape index (κ3) is 3.29. The van der Waals surface area contributed by atoms with Crippen molar-refractivity contribution >= 4 is 29.9 Å². The summed E-state index contributed by atoms with van der Waals surface area (Å²) in [4.78, 5) is 17.8. The lowest BCUT2D eigenvalue weighted by Crippen LogP contribution is -2.48. The van der Waals surface area contributed by atoms with Gasteiger partial charge in [0.15, 0.2) is 0 Å². The van der Waals surface area contributed by atoms with Crippen molar-refractivity contribution in [2.75, 3.05) is 19.6 Å². The average molecular weight is 340 g/mol. The number of carbonyl (C=O) groups is 1. The van der Waals surface area contributed by atoms with Crippen LogP contribution in [0.25, 0.3) is 0 Å². The Labute approximate surface area is 141 Å². The second-order valence-corrected chi connectivity index (χ2v) is 5.73. The summed E-state index contributed by atoms with van der Waals surface area (Å²) in [6.45, 7) is 4.17. The van der Waals surface area contributed by atoms with Crippen LogP contribution in [0, 0.1) is 6.92 Å². The van der Waals surface area contributed by atoms with E-state index in [1.807, 2.05) is 42.2 Å². The molecule has 1 unspecified atom stereocenters. The smallest absolute Gasteiger partial charge is 0.256 e. The Bertz CT molecular complexity index is 656. The number of hydrogen-bond acceptors (Lipinski definition) is 2. The highest BCUT2D eigenvalue weighted by Crippen LogP contribution is 2.26. The number of nitrogens with one attached hydrogen (secondary N) is 2. The molecule has 1 amide bonds. The predicted molar refractivity (Wildman–Crippen MR) is 90.9 cm³/mol. The van der Waals surface area contributed by atoms with Gasteiger partial charge < -0.3 is 15.2 Å². The lowest BCUT2D eigenvalue weighted by atomic mass is 10.0. The highest BCUT2D eigenvalue weighted by atomic mass is 35.5. The molecule has 6 heteroatoms. The first kappa shape index (κ1) is 16.9. The first-order chi connectivity index (χ1) is 10.2. The fourth-order valence-corrected chi connectivity index (χ4v) is 3.00. The molecule has 2 aromatic rings. The molecule has 1 aliphatic heterocycles. The van der Waals surface area contributed by atoms with Crippen molar-refractivity contribution in [1.29, 1.82) is 0 Å². The van der Waals surface area contributed by atoms with Crippen LogP contribution < -0.4 is 5.32 Å². The second-order valence-electron chi connectivity index (χ2n) is 5.29. The number of aromatic nitrogens is 1. The Balaban J connectivity index is 0.00000176. The topological polar surface area (TPSA) is 48.1 Å². The van der Waals surface area contributed by atoms with E-state index >= 15 is 0 Å². The van der Waals surface area contributed by atoms with E-state index in [9.17, 15) is 4.79 Å². The second kappa shape index (κ2) is 7.18. The monoisotopic (exact) mass is 339 g/mol. The molecule has 3 rings (SSSR count). The maximum Gasteiger partial charge on any atom is 0.256 e. The van der Waals surface area contributed by atoms with E-state index in [0.717, 1.165) is 29.9 Å². The predicted octanol–water partition coefficient (Wildman–Crippen LogP) is 3.19. The number of hydrogen-bond donors (Lipinski definition) is 2. The van der Waals surface area contributed by atoms with Gasteiger partial charge in [-0.1, -0.05) is 23.7 Å². The van der Waals surface area contributed by atoms with Crippen LogP contribution in [0.5, 0.6) is 0 Å². The van der Waals surface area contributed by atoms with Crippen molar-refractivity contribution in [3.8, 4) is 0 Å². The Morgan fingerprint density at radius 1 is 1.36 bits per heavy atom. The normalized spacial score (nSPS) is 17.9. The Hall–Kier alpha value is -1.49. The van der Waals surface area contributed by atoms with Crippen LogP contribution in [0.2, 0.25) is 5.02 Å². The first-order valence-corrected chi connectivity index (χ1v) is 7.46. The van der Waals surface area contributed by atoms with E-state index < -0.39 is 0 Å². The van der Waals surface area contributed by atoms with Gasteiger partial charge in [0, 0.05) is 36.5 Å². The van der Waals surface area contributed by atoms with E-state index in [2.05, 4.69) is 10.3 Å². The van der Waals surface area contributed by atoms with E-state index in [1.54, 1.807) is 6.20 Å². The number of benzene rings is 1. The minimum absolute atomic E-state index is 0. The van der Waals surface area contributed by atoms with E-state index in [0.29, 0.717) is 11.6 Å². The molecule has 1 fully saturated rings. The minimum Gasteiger partial charge on any atom is -0.365 e. The number of piperazine rings is 1. The van der Waals surface area contributed by atoms with Crippen molar-refractivity contribution < 1.29 is 4.79 Å². The molecule has 0 aliphatic carbocycles. The molecular weight excluding hydrogens is 321 g/mol. The van der Waals surface area contributed by atoms with Gasteiger partial charge in [-0.15, -0.1) is 12.4 Å². The molecule has 0 spiro atoms. The molecule has 22 heavy (non-hydrogen) atoms. The van der Waals surface area contributed by atoms with Crippen LogP contribution in [-0.2, 0) is 0 Å². The van der Waals surface area contributed by atoms with Gasteiger partial charge in [0.25, 0.3) is 5.91 Å². The number of H-pyrrole nitrogens is 1. The van der Waals surface area contributed by atoms with Crippen LogP contribution >= 0.6 is 24.0 Å². The summed E-state index contributed by atoms with van der Waals surface area (Å²) in [5, 5.41) is 4.05. The minimum atomic E-state index is 0. The largest absolute Gasteiger partial charge is 0.365 e. The van der Waals surface area contributed by atoms with Crippen LogP contribution in [0.3, 0.4) is 0 Å². The summed E-state index contributed by atoms with van der Waals surface area (Å²) in [5.41, 5.74) is 2.71. The van der Waals surface area contributed by atoms with Crippen LogP contribution in [0.15, 0.2) is 36.5 Å². The average Bonchev–Trinajstić information content (AvgIpc) is 2.93. The molecule has 118 valence electrons. The van der Waals surface area contributed by atoms with Crippen LogP contribution in [0.4, 0.5) is 0 Å². The molecule has 1 aromatic carbocycles. The lowest BCUT2D eigenvalue weighted by Gasteiger charge is -2.36. The fraction of sp³-hybridized carbons (Fsp3) is 0.312. The van der Waals surface area contributed by atoms with E-state index in [1.165, 1.54) is 0 Å². The standard InChI is InChI=1S/C16H18ClN3O.ClH/c1-11-14(5-6-19-11)16(21)20-8-7-18-10-15(20)12-3-2-4-13(17)9-12;/h2-6,9,15,18-19H,7-8,10H2,1H3;1H. The molecule has 1 aliphatic rings. The lowest BCUT2D eigenvalue weighted by molar-refractivity contribution is 0.0634. The maximum absolute atomic E-state index is 12.8. The molecular formula is C16H19Cl2N3O. The van der Waals surface area contributed by atoms with Gasteiger partial charge in [-0.05, 0) is 30.7 Å². The summed E-state index contributed by atoms with van der Waals surface area (Å²) in [5.74, 6) is 0.0697. The molecule has 0 bridgehead atoms. The molecule has 0 radical (unpaired) electrons. The molecule has 1 aromatic heterocycles. The Morgan fingerprint density at radius 3 is 2.86 bits per heavy atom. The molecule has 1 saturated heterocycles. The molecule has 0 saturated carbocycles. The molecule has 2 heterocycles. The van der Waals surface area contributed by atoms with Crippen molar-refractivity contribution in [2.45, 2.75) is 13.0 Å². The number of amides is 1. The van der Waals surface area contributed by atoms with Crippen LogP contribution in [0.1, 0.15) is 27.7 Å². The first-order valence-electron chi connectivity index (χ1n) is 7.08.